The first-order valence-corrected chi connectivity index (χ1v) is 15.4. The number of nitrogen functional groups attached to an aromatic ring is 1. The van der Waals surface area contributed by atoms with Crippen LogP contribution in [-0.4, -0.2) is 31.0 Å². The van der Waals surface area contributed by atoms with Gasteiger partial charge in [-0.05, 0) is 47.2 Å². The van der Waals surface area contributed by atoms with E-state index in [9.17, 15) is 31.0 Å². The number of nitrogens with two attached hydrogens (primary N) is 1. The zero-order valence-electron chi connectivity index (χ0n) is 21.6. The molecule has 12 heteroatoms. The van der Waals surface area contributed by atoms with E-state index < -0.39 is 30.0 Å². The lowest BCUT2D eigenvalue weighted by atomic mass is 10.0. The van der Waals surface area contributed by atoms with Crippen molar-refractivity contribution >= 4 is 81.0 Å². The van der Waals surface area contributed by atoms with Crippen LogP contribution in [-0.2, 0) is 20.2 Å². The van der Waals surface area contributed by atoms with E-state index in [1.165, 1.54) is 24.3 Å². The highest BCUT2D eigenvalue weighted by Gasteiger charge is 2.27. The molecule has 7 N–H and O–H groups in total. The van der Waals surface area contributed by atoms with Crippen LogP contribution in [0.3, 0.4) is 0 Å². The summed E-state index contributed by atoms with van der Waals surface area (Å²) in [6, 6.07) is 25.8. The molecule has 6 aromatic carbocycles. The van der Waals surface area contributed by atoms with Gasteiger partial charge in [-0.3, -0.25) is 9.11 Å². The number of rotatable bonds is 6. The molecule has 0 unspecified atom stereocenters. The highest BCUT2D eigenvalue weighted by molar-refractivity contribution is 7.86. The number of benzene rings is 6. The van der Waals surface area contributed by atoms with Crippen LogP contribution in [0.2, 0.25) is 0 Å². The van der Waals surface area contributed by atoms with Crippen LogP contribution < -0.4 is 16.4 Å². The number of phenolic OH excluding ortho intramolecular Hbond substituents is 1. The first kappa shape index (κ1) is 27.3. The summed E-state index contributed by atoms with van der Waals surface area (Å²) in [6.45, 7) is 0. The second-order valence-electron chi connectivity index (χ2n) is 9.64. The minimum atomic E-state index is -5.02. The van der Waals surface area contributed by atoms with Gasteiger partial charge in [0.05, 0.1) is 22.7 Å². The van der Waals surface area contributed by atoms with Gasteiger partial charge in [0.1, 0.15) is 15.5 Å². The third-order valence-corrected chi connectivity index (χ3v) is 8.83. The van der Waals surface area contributed by atoms with Crippen molar-refractivity contribution in [3.8, 4) is 5.75 Å². The molecular weight excluding hydrogens is 578 g/mol. The van der Waals surface area contributed by atoms with Crippen LogP contribution in [0, 0.1) is 0 Å². The molecule has 212 valence electrons. The topological polar surface area (TPSA) is 179 Å². The van der Waals surface area contributed by atoms with Gasteiger partial charge in [0.25, 0.3) is 20.2 Å². The SMILES string of the molecule is Nc1ccc2ccccc2c1Nc1cc2c(S(=O)(=O)O)cccc2c(S(=O)(=O)O)c1Nc1ccc2cccc(O)c2c1. The largest absolute Gasteiger partial charge is 0.507 e. The lowest BCUT2D eigenvalue weighted by Gasteiger charge is -2.21. The van der Waals surface area contributed by atoms with E-state index in [1.54, 1.807) is 42.5 Å². The summed E-state index contributed by atoms with van der Waals surface area (Å²) in [5, 5.41) is 19.0. The molecule has 0 spiro atoms. The van der Waals surface area contributed by atoms with Gasteiger partial charge in [-0.25, -0.2) is 0 Å². The Labute approximate surface area is 240 Å². The molecule has 0 bridgehead atoms. The number of fused-ring (bicyclic) bond motifs is 3. The van der Waals surface area contributed by atoms with Crippen LogP contribution in [0.25, 0.3) is 32.3 Å². The average Bonchev–Trinajstić information content (AvgIpc) is 2.93. The highest BCUT2D eigenvalue weighted by Crippen LogP contribution is 2.44. The highest BCUT2D eigenvalue weighted by atomic mass is 32.2. The monoisotopic (exact) mass is 601 g/mol. The molecule has 0 saturated carbocycles. The van der Waals surface area contributed by atoms with Gasteiger partial charge in [-0.1, -0.05) is 60.7 Å². The average molecular weight is 602 g/mol. The molecule has 10 nitrogen and oxygen atoms in total. The fraction of sp³-hybridized carbons (Fsp3) is 0. The Balaban J connectivity index is 1.69. The first-order valence-electron chi connectivity index (χ1n) is 12.5. The summed E-state index contributed by atoms with van der Waals surface area (Å²) in [5.74, 6) is 0.00402. The Morgan fingerprint density at radius 3 is 2.02 bits per heavy atom. The lowest BCUT2D eigenvalue weighted by Crippen LogP contribution is -2.10. The van der Waals surface area contributed by atoms with E-state index in [0.717, 1.165) is 16.8 Å². The van der Waals surface area contributed by atoms with Crippen molar-refractivity contribution in [1.82, 2.24) is 0 Å². The lowest BCUT2D eigenvalue weighted by molar-refractivity contribution is 0.481. The molecule has 0 heterocycles. The minimum absolute atomic E-state index is 0.00402. The number of hydrogen-bond acceptors (Lipinski definition) is 8. The molecule has 0 fully saturated rings. The van der Waals surface area contributed by atoms with E-state index in [1.807, 2.05) is 24.3 Å². The number of phenols is 1. The predicted octanol–water partition coefficient (Wildman–Crippen LogP) is 6.41. The fourth-order valence-electron chi connectivity index (χ4n) is 5.12. The van der Waals surface area contributed by atoms with Crippen molar-refractivity contribution in [1.29, 1.82) is 0 Å². The van der Waals surface area contributed by atoms with Gasteiger partial charge < -0.3 is 21.5 Å². The summed E-state index contributed by atoms with van der Waals surface area (Å²) in [5.41, 5.74) is 7.31. The molecule has 0 aliphatic heterocycles. The second-order valence-corrected chi connectivity index (χ2v) is 12.4. The van der Waals surface area contributed by atoms with Gasteiger partial charge in [0.2, 0.25) is 0 Å². The molecule has 0 aliphatic rings. The number of aromatic hydroxyl groups is 1. The van der Waals surface area contributed by atoms with E-state index in [4.69, 9.17) is 5.73 Å². The second kappa shape index (κ2) is 9.89. The maximum absolute atomic E-state index is 13.0. The summed E-state index contributed by atoms with van der Waals surface area (Å²) in [4.78, 5) is -1.19. The Bertz CT molecular complexity index is 2290. The van der Waals surface area contributed by atoms with E-state index in [-0.39, 0.29) is 27.9 Å². The van der Waals surface area contributed by atoms with Crippen molar-refractivity contribution in [3.05, 3.63) is 97.1 Å². The number of hydrogen-bond donors (Lipinski definition) is 6. The van der Waals surface area contributed by atoms with Crippen LogP contribution in [0.4, 0.5) is 28.4 Å². The molecule has 0 saturated heterocycles. The van der Waals surface area contributed by atoms with Gasteiger partial charge >= 0.3 is 0 Å². The first-order chi connectivity index (χ1) is 19.9. The van der Waals surface area contributed by atoms with Gasteiger partial charge in [0, 0.05) is 27.2 Å². The Hall–Kier alpha value is -4.88. The van der Waals surface area contributed by atoms with Crippen LogP contribution >= 0.6 is 0 Å². The standard InChI is InChI=1S/C30H23N3O7S2/c31-24-14-12-17-5-1-2-7-20(17)28(24)33-25-16-23-21(8-4-10-27(23)41(35,36)37)30(42(38,39)40)29(25)32-19-13-11-18-6-3-9-26(34)22(18)15-19/h1-16,32-34H,31H2,(H,35,36,37)(H,38,39,40). The maximum Gasteiger partial charge on any atom is 0.297 e. The van der Waals surface area contributed by atoms with Crippen LogP contribution in [0.1, 0.15) is 0 Å². The normalized spacial score (nSPS) is 12.1. The summed E-state index contributed by atoms with van der Waals surface area (Å²) >= 11 is 0. The predicted molar refractivity (Wildman–Crippen MR) is 164 cm³/mol. The molecule has 0 amide bonds. The molecule has 42 heavy (non-hydrogen) atoms. The van der Waals surface area contributed by atoms with Crippen molar-refractivity contribution in [2.75, 3.05) is 16.4 Å². The molecule has 6 rings (SSSR count). The molecule has 0 atom stereocenters. The van der Waals surface area contributed by atoms with Crippen molar-refractivity contribution in [3.63, 3.8) is 0 Å². The van der Waals surface area contributed by atoms with Crippen LogP contribution in [0.15, 0.2) is 107 Å². The molecule has 0 aliphatic carbocycles. The van der Waals surface area contributed by atoms with Crippen molar-refractivity contribution in [2.45, 2.75) is 9.79 Å². The van der Waals surface area contributed by atoms with E-state index in [2.05, 4.69) is 10.6 Å². The Kier molecular flexibility index (Phi) is 6.43. The smallest absolute Gasteiger partial charge is 0.297 e. The fourth-order valence-corrected chi connectivity index (χ4v) is 6.69. The zero-order chi connectivity index (χ0) is 29.8. The minimum Gasteiger partial charge on any atom is -0.507 e. The number of anilines is 5. The van der Waals surface area contributed by atoms with E-state index >= 15 is 0 Å². The Morgan fingerprint density at radius 2 is 1.26 bits per heavy atom. The third-order valence-electron chi connectivity index (χ3n) is 6.98. The maximum atomic E-state index is 13.0. The molecule has 0 aromatic heterocycles. The molecule has 6 aromatic rings. The molecule has 0 radical (unpaired) electrons. The third kappa shape index (κ3) is 4.82. The van der Waals surface area contributed by atoms with Crippen LogP contribution in [0.5, 0.6) is 5.75 Å². The summed E-state index contributed by atoms with van der Waals surface area (Å²) in [7, 11) is -9.82. The van der Waals surface area contributed by atoms with Crippen molar-refractivity contribution in [2.24, 2.45) is 0 Å². The van der Waals surface area contributed by atoms with Crippen molar-refractivity contribution < 1.29 is 31.0 Å². The summed E-state index contributed by atoms with van der Waals surface area (Å²) < 4.78 is 71.0. The number of nitrogens with one attached hydrogen (secondary N) is 2. The van der Waals surface area contributed by atoms with Gasteiger partial charge in [-0.15, -0.1) is 0 Å². The van der Waals surface area contributed by atoms with Gasteiger partial charge in [-0.2, -0.15) is 16.8 Å². The summed E-state index contributed by atoms with van der Waals surface area (Å²) in [6.07, 6.45) is 0. The quantitative estimate of drug-likeness (QED) is 0.0922. The molecular formula is C30H23N3O7S2. The zero-order valence-corrected chi connectivity index (χ0v) is 23.2. The van der Waals surface area contributed by atoms with E-state index in [0.29, 0.717) is 27.8 Å². The Morgan fingerprint density at radius 1 is 0.595 bits per heavy atom. The van der Waals surface area contributed by atoms with Gasteiger partial charge in [0.15, 0.2) is 0 Å².